The first-order chi connectivity index (χ1) is 9.58. The van der Waals surface area contributed by atoms with E-state index in [2.05, 4.69) is 21.2 Å². The van der Waals surface area contributed by atoms with Crippen molar-refractivity contribution in [3.8, 4) is 0 Å². The minimum Gasteiger partial charge on any atom is -0.467 e. The summed E-state index contributed by atoms with van der Waals surface area (Å²) < 4.78 is 10.8. The molecule has 0 saturated heterocycles. The van der Waals surface area contributed by atoms with Crippen molar-refractivity contribution >= 4 is 27.8 Å². The largest absolute Gasteiger partial charge is 0.467 e. The van der Waals surface area contributed by atoms with Crippen LogP contribution in [0.2, 0.25) is 0 Å². The first kappa shape index (κ1) is 16.7. The summed E-state index contributed by atoms with van der Waals surface area (Å²) in [5.74, 6) is -0.868. The fourth-order valence-electron chi connectivity index (χ4n) is 1.56. The molecular formula is C14H18BrNO4. The van der Waals surface area contributed by atoms with E-state index in [0.29, 0.717) is 12.2 Å². The predicted molar refractivity (Wildman–Crippen MR) is 78.2 cm³/mol. The lowest BCUT2D eigenvalue weighted by atomic mass is 10.1. The van der Waals surface area contributed by atoms with Gasteiger partial charge >= 0.3 is 5.97 Å². The lowest BCUT2D eigenvalue weighted by Crippen LogP contribution is -2.36. The second-order valence-electron chi connectivity index (χ2n) is 4.13. The topological polar surface area (TPSA) is 64.6 Å². The molecular weight excluding hydrogens is 326 g/mol. The van der Waals surface area contributed by atoms with Gasteiger partial charge in [-0.05, 0) is 24.1 Å². The number of methoxy groups -OCH3 is 1. The van der Waals surface area contributed by atoms with Crippen LogP contribution in [0, 0.1) is 0 Å². The van der Waals surface area contributed by atoms with Crippen LogP contribution in [-0.4, -0.2) is 32.2 Å². The van der Waals surface area contributed by atoms with E-state index < -0.39 is 12.0 Å². The Labute approximate surface area is 126 Å². The van der Waals surface area contributed by atoms with E-state index >= 15 is 0 Å². The molecule has 0 saturated carbocycles. The molecule has 0 bridgehead atoms. The summed E-state index contributed by atoms with van der Waals surface area (Å²) >= 11 is 3.32. The minimum atomic E-state index is -0.828. The van der Waals surface area contributed by atoms with Crippen LogP contribution in [0.3, 0.4) is 0 Å². The Hall–Kier alpha value is -1.40. The van der Waals surface area contributed by atoms with Crippen molar-refractivity contribution in [2.45, 2.75) is 19.4 Å². The van der Waals surface area contributed by atoms with Gasteiger partial charge in [-0.3, -0.25) is 4.79 Å². The van der Waals surface area contributed by atoms with Crippen molar-refractivity contribution in [3.05, 3.63) is 34.3 Å². The molecule has 20 heavy (non-hydrogen) atoms. The maximum atomic E-state index is 11.8. The average Bonchev–Trinajstić information content (AvgIpc) is 2.45. The van der Waals surface area contributed by atoms with Gasteiger partial charge in [0.2, 0.25) is 5.91 Å². The van der Waals surface area contributed by atoms with E-state index in [1.165, 1.54) is 7.11 Å². The number of amides is 1. The summed E-state index contributed by atoms with van der Waals surface area (Å²) in [6.07, 6.45) is 0.834. The van der Waals surface area contributed by atoms with E-state index in [4.69, 9.17) is 9.47 Å². The second-order valence-corrected chi connectivity index (χ2v) is 5.04. The van der Waals surface area contributed by atoms with Crippen LogP contribution in [0.4, 0.5) is 0 Å². The number of esters is 1. The fraction of sp³-hybridized carbons (Fsp3) is 0.429. The Bertz CT molecular complexity index is 447. The van der Waals surface area contributed by atoms with Gasteiger partial charge in [0.05, 0.1) is 7.11 Å². The van der Waals surface area contributed by atoms with Crippen LogP contribution in [0.5, 0.6) is 0 Å². The van der Waals surface area contributed by atoms with Crippen LogP contribution < -0.4 is 5.32 Å². The molecule has 1 N–H and O–H groups in total. The number of benzene rings is 1. The standard InChI is InChI=1S/C14H18BrNO4/c1-3-8-20-9-12(17)16-13(14(18)19-2)10-4-6-11(15)7-5-10/h4-7,13H,3,8-9H2,1-2H3,(H,16,17)/t13-/m0/s1. The zero-order valence-electron chi connectivity index (χ0n) is 11.5. The van der Waals surface area contributed by atoms with Gasteiger partial charge in [-0.15, -0.1) is 0 Å². The van der Waals surface area contributed by atoms with E-state index in [-0.39, 0.29) is 12.5 Å². The lowest BCUT2D eigenvalue weighted by Gasteiger charge is -2.17. The minimum absolute atomic E-state index is 0.0716. The summed E-state index contributed by atoms with van der Waals surface area (Å²) in [6, 6.07) is 6.26. The molecule has 0 aliphatic heterocycles. The highest BCUT2D eigenvalue weighted by Crippen LogP contribution is 2.18. The molecule has 0 fully saturated rings. The van der Waals surface area contributed by atoms with Crippen LogP contribution in [0.25, 0.3) is 0 Å². The van der Waals surface area contributed by atoms with Crippen molar-refractivity contribution in [2.75, 3.05) is 20.3 Å². The molecule has 1 atom stereocenters. The van der Waals surface area contributed by atoms with Crippen LogP contribution in [0.1, 0.15) is 24.9 Å². The number of carbonyl (C=O) groups is 2. The van der Waals surface area contributed by atoms with Gasteiger partial charge in [0.1, 0.15) is 6.61 Å². The molecule has 0 unspecified atom stereocenters. The van der Waals surface area contributed by atoms with Crippen molar-refractivity contribution in [1.29, 1.82) is 0 Å². The van der Waals surface area contributed by atoms with Gasteiger partial charge in [0, 0.05) is 11.1 Å². The normalized spacial score (nSPS) is 11.8. The highest BCUT2D eigenvalue weighted by Gasteiger charge is 2.23. The van der Waals surface area contributed by atoms with Gasteiger partial charge in [-0.25, -0.2) is 4.79 Å². The van der Waals surface area contributed by atoms with Crippen LogP contribution in [0.15, 0.2) is 28.7 Å². The molecule has 0 aliphatic rings. The summed E-state index contributed by atoms with van der Waals surface area (Å²) in [5, 5.41) is 2.61. The van der Waals surface area contributed by atoms with Gasteiger partial charge in [-0.1, -0.05) is 35.0 Å². The Kier molecular flexibility index (Phi) is 7.25. The first-order valence-corrected chi connectivity index (χ1v) is 7.08. The molecule has 0 spiro atoms. The zero-order valence-corrected chi connectivity index (χ0v) is 13.1. The van der Waals surface area contributed by atoms with Crippen molar-refractivity contribution in [2.24, 2.45) is 0 Å². The van der Waals surface area contributed by atoms with Crippen molar-refractivity contribution in [3.63, 3.8) is 0 Å². The first-order valence-electron chi connectivity index (χ1n) is 6.29. The highest BCUT2D eigenvalue weighted by atomic mass is 79.9. The SMILES string of the molecule is CCCOCC(=O)N[C@H](C(=O)OC)c1ccc(Br)cc1. The van der Waals surface area contributed by atoms with E-state index in [9.17, 15) is 9.59 Å². The molecule has 0 aromatic heterocycles. The molecule has 1 aromatic carbocycles. The Morgan fingerprint density at radius 3 is 2.50 bits per heavy atom. The van der Waals surface area contributed by atoms with Crippen LogP contribution >= 0.6 is 15.9 Å². The predicted octanol–water partition coefficient (Wildman–Crippen LogP) is 2.21. The lowest BCUT2D eigenvalue weighted by molar-refractivity contribution is -0.145. The second kappa shape index (κ2) is 8.71. The monoisotopic (exact) mass is 343 g/mol. The van der Waals surface area contributed by atoms with Gasteiger partial charge in [-0.2, -0.15) is 0 Å². The summed E-state index contributed by atoms with van der Waals surface area (Å²) in [5.41, 5.74) is 0.656. The van der Waals surface area contributed by atoms with Crippen molar-refractivity contribution in [1.82, 2.24) is 5.32 Å². The maximum absolute atomic E-state index is 11.8. The summed E-state index contributed by atoms with van der Waals surface area (Å²) in [6.45, 7) is 2.39. The smallest absolute Gasteiger partial charge is 0.333 e. The molecule has 1 rings (SSSR count). The molecule has 0 aliphatic carbocycles. The molecule has 1 aromatic rings. The molecule has 110 valence electrons. The molecule has 1 amide bonds. The Balaban J connectivity index is 2.72. The quantitative estimate of drug-likeness (QED) is 0.608. The number of carbonyl (C=O) groups excluding carboxylic acids is 2. The van der Waals surface area contributed by atoms with Crippen molar-refractivity contribution < 1.29 is 19.1 Å². The fourth-order valence-corrected chi connectivity index (χ4v) is 1.83. The van der Waals surface area contributed by atoms with Gasteiger partial charge in [0.15, 0.2) is 6.04 Å². The van der Waals surface area contributed by atoms with Gasteiger partial charge < -0.3 is 14.8 Å². The third kappa shape index (κ3) is 5.30. The molecule has 5 nitrogen and oxygen atoms in total. The van der Waals surface area contributed by atoms with E-state index in [0.717, 1.165) is 10.9 Å². The summed E-state index contributed by atoms with van der Waals surface area (Å²) in [7, 11) is 1.29. The maximum Gasteiger partial charge on any atom is 0.333 e. The number of hydrogen-bond acceptors (Lipinski definition) is 4. The van der Waals surface area contributed by atoms with E-state index in [1.807, 2.05) is 6.92 Å². The van der Waals surface area contributed by atoms with Crippen LogP contribution in [-0.2, 0) is 19.1 Å². The molecule has 0 radical (unpaired) electrons. The average molecular weight is 344 g/mol. The number of nitrogens with one attached hydrogen (secondary N) is 1. The van der Waals surface area contributed by atoms with Gasteiger partial charge in [0.25, 0.3) is 0 Å². The zero-order chi connectivity index (χ0) is 15.0. The molecule has 6 heteroatoms. The number of rotatable bonds is 7. The molecule has 0 heterocycles. The summed E-state index contributed by atoms with van der Waals surface area (Å²) in [4.78, 5) is 23.5. The Morgan fingerprint density at radius 2 is 1.95 bits per heavy atom. The number of halogens is 1. The Morgan fingerprint density at radius 1 is 1.30 bits per heavy atom. The third-order valence-electron chi connectivity index (χ3n) is 2.53. The van der Waals surface area contributed by atoms with E-state index in [1.54, 1.807) is 24.3 Å². The highest BCUT2D eigenvalue weighted by molar-refractivity contribution is 9.10. The number of hydrogen-bond donors (Lipinski definition) is 1. The third-order valence-corrected chi connectivity index (χ3v) is 3.06. The number of ether oxygens (including phenoxy) is 2.